The van der Waals surface area contributed by atoms with Gasteiger partial charge in [0.15, 0.2) is 0 Å². The quantitative estimate of drug-likeness (QED) is 0.526. The third kappa shape index (κ3) is 5.06. The number of anilines is 2. The van der Waals surface area contributed by atoms with Crippen molar-refractivity contribution in [1.29, 1.82) is 0 Å². The number of likely N-dealkylation sites (tertiary alicyclic amines) is 1. The summed E-state index contributed by atoms with van der Waals surface area (Å²) in [6, 6.07) is 11.6. The summed E-state index contributed by atoms with van der Waals surface area (Å²) in [5.41, 5.74) is 7.58. The number of imide groups is 1. The maximum absolute atomic E-state index is 13.9. The molecule has 8 heteroatoms. The monoisotopic (exact) mass is 503 g/mol. The van der Waals surface area contributed by atoms with Crippen LogP contribution in [0.1, 0.15) is 57.4 Å². The van der Waals surface area contributed by atoms with Gasteiger partial charge in [-0.05, 0) is 80.2 Å². The Morgan fingerprint density at radius 3 is 2.51 bits per heavy atom. The number of carbonyl (C=O) groups is 3. The van der Waals surface area contributed by atoms with Crippen LogP contribution in [-0.2, 0) is 16.0 Å². The molecule has 196 valence electrons. The second-order valence-electron chi connectivity index (χ2n) is 10.8. The van der Waals surface area contributed by atoms with Crippen LogP contribution in [-0.4, -0.2) is 46.9 Å². The zero-order valence-electron chi connectivity index (χ0n) is 21.6. The maximum Gasteiger partial charge on any atom is 0.324 e. The molecule has 1 aromatic heterocycles. The van der Waals surface area contributed by atoms with Gasteiger partial charge < -0.3 is 16.0 Å². The molecule has 1 saturated heterocycles. The molecule has 1 aromatic carbocycles. The van der Waals surface area contributed by atoms with Gasteiger partial charge in [-0.15, -0.1) is 0 Å². The minimum absolute atomic E-state index is 0.164. The second-order valence-corrected chi connectivity index (χ2v) is 10.8. The number of nitrogens with one attached hydrogen (secondary N) is 1. The van der Waals surface area contributed by atoms with Gasteiger partial charge in [-0.3, -0.25) is 14.5 Å². The highest BCUT2D eigenvalue weighted by atomic mass is 16.2. The summed E-state index contributed by atoms with van der Waals surface area (Å²) < 4.78 is 0. The molecule has 0 unspecified atom stereocenters. The summed E-state index contributed by atoms with van der Waals surface area (Å²) in [7, 11) is 0. The van der Waals surface area contributed by atoms with Crippen LogP contribution in [0.5, 0.6) is 0 Å². The van der Waals surface area contributed by atoms with Crippen molar-refractivity contribution in [3.05, 3.63) is 54.2 Å². The van der Waals surface area contributed by atoms with Gasteiger partial charge in [-0.2, -0.15) is 0 Å². The molecule has 8 nitrogen and oxygen atoms in total. The first-order valence-electron chi connectivity index (χ1n) is 13.6. The molecular formula is C29H37N5O3. The Kier molecular flexibility index (Phi) is 7.17. The van der Waals surface area contributed by atoms with Crippen LogP contribution in [0.4, 0.5) is 16.3 Å². The minimum Gasteiger partial charge on any atom is -0.384 e. The van der Waals surface area contributed by atoms with Gasteiger partial charge in [-0.1, -0.05) is 37.5 Å². The lowest BCUT2D eigenvalue weighted by molar-refractivity contribution is -0.156. The molecule has 2 aliphatic carbocycles. The number of hydrogen-bond acceptors (Lipinski definition) is 5. The number of rotatable bonds is 8. The molecule has 2 saturated carbocycles. The number of nitrogens with zero attached hydrogens (tertiary/aromatic N) is 3. The van der Waals surface area contributed by atoms with Crippen LogP contribution >= 0.6 is 0 Å². The third-order valence-electron chi connectivity index (χ3n) is 8.59. The van der Waals surface area contributed by atoms with Crippen molar-refractivity contribution in [2.24, 2.45) is 17.3 Å². The van der Waals surface area contributed by atoms with E-state index in [4.69, 9.17) is 5.73 Å². The highest BCUT2D eigenvalue weighted by Gasteiger charge is 2.56. The lowest BCUT2D eigenvalue weighted by Crippen LogP contribution is -2.71. The van der Waals surface area contributed by atoms with Crippen molar-refractivity contribution in [3.63, 3.8) is 0 Å². The van der Waals surface area contributed by atoms with Crippen LogP contribution in [0, 0.1) is 17.3 Å². The van der Waals surface area contributed by atoms with Gasteiger partial charge in [-0.25, -0.2) is 9.78 Å². The van der Waals surface area contributed by atoms with E-state index in [1.54, 1.807) is 23.2 Å². The zero-order chi connectivity index (χ0) is 26.0. The van der Waals surface area contributed by atoms with Crippen molar-refractivity contribution in [1.82, 2.24) is 15.2 Å². The molecule has 0 radical (unpaired) electrons. The number of carbonyl (C=O) groups excluding carboxylic acids is 3. The number of amides is 4. The van der Waals surface area contributed by atoms with Gasteiger partial charge in [0, 0.05) is 25.0 Å². The zero-order valence-corrected chi connectivity index (χ0v) is 21.6. The number of para-hydroxylation sites is 1. The van der Waals surface area contributed by atoms with Crippen molar-refractivity contribution in [3.8, 4) is 0 Å². The number of β-lactam (4-membered cyclic amide) rings is 1. The van der Waals surface area contributed by atoms with Crippen LogP contribution in [0.2, 0.25) is 0 Å². The van der Waals surface area contributed by atoms with Crippen LogP contribution in [0.15, 0.2) is 48.7 Å². The number of hydrogen-bond donors (Lipinski definition) is 2. The molecule has 3 N–H and O–H groups in total. The summed E-state index contributed by atoms with van der Waals surface area (Å²) in [5.74, 6) is -0.198. The van der Waals surface area contributed by atoms with Crippen LogP contribution in [0.3, 0.4) is 0 Å². The normalized spacial score (nSPS) is 22.7. The number of pyridine rings is 1. The third-order valence-corrected chi connectivity index (χ3v) is 8.59. The molecule has 2 aromatic rings. The summed E-state index contributed by atoms with van der Waals surface area (Å²) in [5, 5.41) is 3.06. The van der Waals surface area contributed by atoms with Gasteiger partial charge in [0.1, 0.15) is 11.9 Å². The predicted octanol–water partition coefficient (Wildman–Crippen LogP) is 4.16. The average Bonchev–Trinajstić information content (AvgIpc) is 3.71. The first kappa shape index (κ1) is 25.2. The number of aromatic nitrogens is 1. The molecule has 3 fully saturated rings. The first-order valence-corrected chi connectivity index (χ1v) is 13.6. The number of nitrogens with two attached hydrogens (primary N) is 1. The lowest BCUT2D eigenvalue weighted by atomic mass is 9.77. The number of likely N-dealkylation sites (N-methyl/N-ethyl adjacent to an activating group) is 1. The van der Waals surface area contributed by atoms with Gasteiger partial charge in [0.25, 0.3) is 5.91 Å². The van der Waals surface area contributed by atoms with Gasteiger partial charge in [0.2, 0.25) is 5.91 Å². The van der Waals surface area contributed by atoms with E-state index in [0.717, 1.165) is 29.0 Å². The Morgan fingerprint density at radius 1 is 1.14 bits per heavy atom. The fourth-order valence-electron chi connectivity index (χ4n) is 6.31. The largest absolute Gasteiger partial charge is 0.384 e. The molecule has 5 rings (SSSR count). The molecule has 3 aliphatic rings. The molecule has 0 bridgehead atoms. The summed E-state index contributed by atoms with van der Waals surface area (Å²) in [6.07, 6.45) is 10.4. The topological polar surface area (TPSA) is 109 Å². The Hall–Kier alpha value is -3.42. The summed E-state index contributed by atoms with van der Waals surface area (Å²) in [6.45, 7) is 2.90. The van der Waals surface area contributed by atoms with E-state index >= 15 is 0 Å². The molecule has 2 atom stereocenters. The van der Waals surface area contributed by atoms with E-state index in [1.807, 2.05) is 37.3 Å². The average molecular weight is 504 g/mol. The molecular weight excluding hydrogens is 466 g/mol. The van der Waals surface area contributed by atoms with Crippen molar-refractivity contribution in [2.45, 2.75) is 64.3 Å². The van der Waals surface area contributed by atoms with Gasteiger partial charge in [0.05, 0.1) is 5.92 Å². The van der Waals surface area contributed by atoms with Crippen molar-refractivity contribution >= 4 is 29.4 Å². The number of urea groups is 1. The fourth-order valence-corrected chi connectivity index (χ4v) is 6.31. The van der Waals surface area contributed by atoms with E-state index in [9.17, 15) is 14.4 Å². The Bertz CT molecular complexity index is 1140. The van der Waals surface area contributed by atoms with Gasteiger partial charge >= 0.3 is 6.03 Å². The summed E-state index contributed by atoms with van der Waals surface area (Å²) >= 11 is 0. The highest BCUT2D eigenvalue weighted by molar-refractivity contribution is 6.12. The lowest BCUT2D eigenvalue weighted by Gasteiger charge is -2.46. The van der Waals surface area contributed by atoms with E-state index in [0.29, 0.717) is 31.2 Å². The fraction of sp³-hybridized carbons (Fsp3) is 0.517. The SMILES string of the molecule is CCN(C(=O)[C@@H]1[C@@H](Cc2ccnc(N)c2)C(=O)N1C(=O)NCC1(C2CCCCC2)CC1)c1ccccc1. The Morgan fingerprint density at radius 2 is 1.86 bits per heavy atom. The summed E-state index contributed by atoms with van der Waals surface area (Å²) in [4.78, 5) is 47.4. The molecule has 2 heterocycles. The van der Waals surface area contributed by atoms with E-state index in [-0.39, 0.29) is 17.2 Å². The van der Waals surface area contributed by atoms with Crippen LogP contribution < -0.4 is 16.0 Å². The molecule has 4 amide bonds. The molecule has 1 aliphatic heterocycles. The Labute approximate surface area is 218 Å². The van der Waals surface area contributed by atoms with E-state index in [1.165, 1.54) is 32.1 Å². The standard InChI is InChI=1S/C29H37N5O3/c1-2-33(22-11-7-4-8-12-22)27(36)25-23(17-20-13-16-31-24(30)18-20)26(35)34(25)28(37)32-19-29(14-15-29)21-9-5-3-6-10-21/h4,7-8,11-13,16,18,21,23,25H,2-3,5-6,9-10,14-15,17,19H2,1H3,(H2,30,31)(H,32,37)/t23-,25+/m1/s1. The van der Waals surface area contributed by atoms with Crippen molar-refractivity contribution in [2.75, 3.05) is 23.7 Å². The van der Waals surface area contributed by atoms with E-state index in [2.05, 4.69) is 10.3 Å². The molecule has 0 spiro atoms. The minimum atomic E-state index is -0.869. The number of benzene rings is 1. The predicted molar refractivity (Wildman–Crippen MR) is 143 cm³/mol. The number of nitrogen functional groups attached to an aromatic ring is 1. The van der Waals surface area contributed by atoms with E-state index < -0.39 is 18.0 Å². The maximum atomic E-state index is 13.9. The molecule has 37 heavy (non-hydrogen) atoms. The highest BCUT2D eigenvalue weighted by Crippen LogP contribution is 2.56. The second kappa shape index (κ2) is 10.5. The first-order chi connectivity index (χ1) is 17.9. The van der Waals surface area contributed by atoms with Crippen LogP contribution in [0.25, 0.3) is 0 Å². The smallest absolute Gasteiger partial charge is 0.324 e. The van der Waals surface area contributed by atoms with Crippen molar-refractivity contribution < 1.29 is 14.4 Å². The Balaban J connectivity index is 1.34.